The zero-order chi connectivity index (χ0) is 18.2. The predicted molar refractivity (Wildman–Crippen MR) is 89.6 cm³/mol. The minimum atomic E-state index is -1.48. The molecule has 0 radical (unpaired) electrons. The first-order valence-corrected chi connectivity index (χ1v) is 7.90. The van der Waals surface area contributed by atoms with Gasteiger partial charge in [0.1, 0.15) is 24.3 Å². The molecule has 6 heteroatoms. The molecule has 2 aromatic rings. The molecule has 5 nitrogen and oxygen atoms in total. The van der Waals surface area contributed by atoms with E-state index >= 15 is 0 Å². The van der Waals surface area contributed by atoms with Crippen LogP contribution in [0.15, 0.2) is 48.5 Å². The van der Waals surface area contributed by atoms with Crippen molar-refractivity contribution < 1.29 is 28.5 Å². The van der Waals surface area contributed by atoms with Gasteiger partial charge in [-0.3, -0.25) is 0 Å². The van der Waals surface area contributed by atoms with Crippen LogP contribution in [0.2, 0.25) is 0 Å². The molecule has 1 N–H and O–H groups in total. The molecule has 0 spiro atoms. The Bertz CT molecular complexity index is 689. The Morgan fingerprint density at radius 2 is 1.92 bits per heavy atom. The lowest BCUT2D eigenvalue weighted by atomic mass is 10.0. The average molecular weight is 348 g/mol. The molecule has 0 amide bonds. The minimum Gasteiger partial charge on any atom is -0.489 e. The summed E-state index contributed by atoms with van der Waals surface area (Å²) in [6.07, 6.45) is -2.77. The van der Waals surface area contributed by atoms with Gasteiger partial charge >= 0.3 is 5.97 Å². The normalized spacial score (nSPS) is 13.1. The van der Waals surface area contributed by atoms with Crippen LogP contribution in [0.1, 0.15) is 24.2 Å². The maximum absolute atomic E-state index is 14.3. The highest BCUT2D eigenvalue weighted by Crippen LogP contribution is 2.26. The summed E-state index contributed by atoms with van der Waals surface area (Å²) >= 11 is 0. The summed E-state index contributed by atoms with van der Waals surface area (Å²) in [5.41, 5.74) is 0.894. The molecule has 0 aliphatic carbocycles. The Labute approximate surface area is 146 Å². The first-order valence-electron chi connectivity index (χ1n) is 7.90. The van der Waals surface area contributed by atoms with Gasteiger partial charge in [-0.05, 0) is 24.6 Å². The molecular formula is C19H21FO5. The van der Waals surface area contributed by atoms with Crippen molar-refractivity contribution in [2.24, 2.45) is 0 Å². The Kier molecular flexibility index (Phi) is 6.91. The zero-order valence-electron chi connectivity index (χ0n) is 14.1. The smallest absolute Gasteiger partial charge is 0.338 e. The molecule has 134 valence electrons. The molecule has 0 aliphatic heterocycles. The number of aliphatic hydroxyl groups is 1. The van der Waals surface area contributed by atoms with Crippen molar-refractivity contribution in [2.75, 3.05) is 13.7 Å². The fraction of sp³-hybridized carbons (Fsp3) is 0.316. The Morgan fingerprint density at radius 1 is 1.20 bits per heavy atom. The monoisotopic (exact) mass is 348 g/mol. The largest absolute Gasteiger partial charge is 0.489 e. The van der Waals surface area contributed by atoms with Gasteiger partial charge in [0.25, 0.3) is 0 Å². The van der Waals surface area contributed by atoms with Crippen LogP contribution < -0.4 is 4.74 Å². The summed E-state index contributed by atoms with van der Waals surface area (Å²) in [6, 6.07) is 13.5. The van der Waals surface area contributed by atoms with Crippen molar-refractivity contribution in [3.8, 4) is 5.75 Å². The number of methoxy groups -OCH3 is 1. The summed E-state index contributed by atoms with van der Waals surface area (Å²) in [5, 5.41) is 10.3. The molecule has 0 heterocycles. The minimum absolute atomic E-state index is 0.0593. The summed E-state index contributed by atoms with van der Waals surface area (Å²) in [5.74, 6) is -1.13. The van der Waals surface area contributed by atoms with Crippen LogP contribution in [0.4, 0.5) is 4.39 Å². The number of benzene rings is 2. The van der Waals surface area contributed by atoms with E-state index < -0.39 is 24.0 Å². The third-order valence-corrected chi connectivity index (χ3v) is 3.61. The van der Waals surface area contributed by atoms with Gasteiger partial charge in [0.15, 0.2) is 6.10 Å². The van der Waals surface area contributed by atoms with Gasteiger partial charge in [-0.15, -0.1) is 0 Å². The molecule has 2 atom stereocenters. The second-order valence-electron chi connectivity index (χ2n) is 5.30. The first kappa shape index (κ1) is 18.9. The van der Waals surface area contributed by atoms with Crippen molar-refractivity contribution in [3.63, 3.8) is 0 Å². The van der Waals surface area contributed by atoms with E-state index in [4.69, 9.17) is 9.47 Å². The highest BCUT2D eigenvalue weighted by atomic mass is 19.1. The second-order valence-corrected chi connectivity index (χ2v) is 5.30. The van der Waals surface area contributed by atoms with E-state index in [0.29, 0.717) is 12.4 Å². The van der Waals surface area contributed by atoms with Gasteiger partial charge in [-0.1, -0.05) is 30.3 Å². The topological polar surface area (TPSA) is 65.0 Å². The van der Waals surface area contributed by atoms with Crippen LogP contribution in [-0.2, 0) is 20.9 Å². The van der Waals surface area contributed by atoms with Gasteiger partial charge in [0.2, 0.25) is 0 Å². The summed E-state index contributed by atoms with van der Waals surface area (Å²) < 4.78 is 29.7. The van der Waals surface area contributed by atoms with Crippen molar-refractivity contribution in [2.45, 2.75) is 25.7 Å². The quantitative estimate of drug-likeness (QED) is 0.743. The Hall–Kier alpha value is -2.44. The number of hydrogen-bond donors (Lipinski definition) is 1. The van der Waals surface area contributed by atoms with E-state index in [-0.39, 0.29) is 12.2 Å². The van der Waals surface area contributed by atoms with E-state index in [9.17, 15) is 14.3 Å². The van der Waals surface area contributed by atoms with Gasteiger partial charge in [-0.25, -0.2) is 9.18 Å². The molecule has 0 bridgehead atoms. The molecule has 2 aromatic carbocycles. The lowest BCUT2D eigenvalue weighted by Crippen LogP contribution is -2.32. The highest BCUT2D eigenvalue weighted by Gasteiger charge is 2.31. The molecule has 0 fully saturated rings. The molecule has 0 aromatic heterocycles. The van der Waals surface area contributed by atoms with Crippen molar-refractivity contribution in [1.29, 1.82) is 0 Å². The van der Waals surface area contributed by atoms with E-state index in [0.717, 1.165) is 5.56 Å². The second kappa shape index (κ2) is 9.15. The Balaban J connectivity index is 2.10. The Morgan fingerprint density at radius 3 is 2.52 bits per heavy atom. The third-order valence-electron chi connectivity index (χ3n) is 3.61. The van der Waals surface area contributed by atoms with Gasteiger partial charge < -0.3 is 19.3 Å². The SMILES string of the molecule is CCO[C@H](C(=O)OC)[C@H](O)c1ccc(OCc2ccccc2)cc1F. The van der Waals surface area contributed by atoms with Gasteiger partial charge in [0.05, 0.1) is 7.11 Å². The molecule has 0 saturated carbocycles. The summed E-state index contributed by atoms with van der Waals surface area (Å²) in [4.78, 5) is 11.7. The molecule has 25 heavy (non-hydrogen) atoms. The van der Waals surface area contributed by atoms with E-state index in [1.165, 1.54) is 25.3 Å². The predicted octanol–water partition coefficient (Wildman–Crippen LogP) is 3.02. The average Bonchev–Trinajstić information content (AvgIpc) is 2.64. The third kappa shape index (κ3) is 5.01. The van der Waals surface area contributed by atoms with Gasteiger partial charge in [0, 0.05) is 18.2 Å². The molecule has 2 rings (SSSR count). The number of esters is 1. The van der Waals surface area contributed by atoms with Crippen LogP contribution in [0, 0.1) is 5.82 Å². The van der Waals surface area contributed by atoms with Crippen LogP contribution in [0.25, 0.3) is 0 Å². The van der Waals surface area contributed by atoms with Crippen LogP contribution >= 0.6 is 0 Å². The van der Waals surface area contributed by atoms with E-state index in [2.05, 4.69) is 4.74 Å². The molecule has 0 unspecified atom stereocenters. The molecular weight excluding hydrogens is 327 g/mol. The molecule has 0 saturated heterocycles. The fourth-order valence-electron chi connectivity index (χ4n) is 2.33. The van der Waals surface area contributed by atoms with Crippen LogP contribution in [-0.4, -0.2) is 30.9 Å². The highest BCUT2D eigenvalue weighted by molar-refractivity contribution is 5.75. The lowest BCUT2D eigenvalue weighted by Gasteiger charge is -2.21. The van der Waals surface area contributed by atoms with E-state index in [1.54, 1.807) is 6.92 Å². The van der Waals surface area contributed by atoms with Crippen LogP contribution in [0.3, 0.4) is 0 Å². The summed E-state index contributed by atoms with van der Waals surface area (Å²) in [6.45, 7) is 2.14. The first-order chi connectivity index (χ1) is 12.1. The lowest BCUT2D eigenvalue weighted by molar-refractivity contribution is -0.162. The number of rotatable bonds is 8. The maximum Gasteiger partial charge on any atom is 0.338 e. The number of carbonyl (C=O) groups is 1. The number of halogens is 1. The number of ether oxygens (including phenoxy) is 3. The summed E-state index contributed by atoms with van der Waals surface area (Å²) in [7, 11) is 1.18. The van der Waals surface area contributed by atoms with Crippen molar-refractivity contribution >= 4 is 5.97 Å². The molecule has 0 aliphatic rings. The number of hydrogen-bond acceptors (Lipinski definition) is 5. The van der Waals surface area contributed by atoms with Crippen molar-refractivity contribution in [3.05, 3.63) is 65.5 Å². The van der Waals surface area contributed by atoms with E-state index in [1.807, 2.05) is 30.3 Å². The maximum atomic E-state index is 14.3. The number of carbonyl (C=O) groups excluding carboxylic acids is 1. The van der Waals surface area contributed by atoms with Crippen molar-refractivity contribution in [1.82, 2.24) is 0 Å². The standard InChI is InChI=1S/C19H21FO5/c1-3-24-18(19(22)23-2)17(21)15-10-9-14(11-16(15)20)25-12-13-7-5-4-6-8-13/h4-11,17-18,21H,3,12H2,1-2H3/t17-,18+/m1/s1. The van der Waals surface area contributed by atoms with Gasteiger partial charge in [-0.2, -0.15) is 0 Å². The fourth-order valence-corrected chi connectivity index (χ4v) is 2.33. The zero-order valence-corrected chi connectivity index (χ0v) is 14.1. The number of aliphatic hydroxyl groups excluding tert-OH is 1. The van der Waals surface area contributed by atoms with Crippen LogP contribution in [0.5, 0.6) is 5.75 Å².